The molecule has 0 radical (unpaired) electrons. The minimum absolute atomic E-state index is 0.0655. The highest BCUT2D eigenvalue weighted by Crippen LogP contribution is 2.56. The summed E-state index contributed by atoms with van der Waals surface area (Å²) in [5.74, 6) is 0. The van der Waals surface area contributed by atoms with Gasteiger partial charge in [-0.15, -0.1) is 0 Å². The number of amides is 1. The molecular weight excluding hydrogens is 218 g/mol. The van der Waals surface area contributed by atoms with Gasteiger partial charge < -0.3 is 15.4 Å². The normalized spacial score (nSPS) is 41.4. The van der Waals surface area contributed by atoms with Crippen LogP contribution >= 0.6 is 0 Å². The Kier molecular flexibility index (Phi) is 2.21. The number of hydrogen-bond donors (Lipinski definition) is 2. The third kappa shape index (κ3) is 1.55. The number of alkyl carbamates (subject to hydrolysis) is 1. The Balaban J connectivity index is 1.92. The van der Waals surface area contributed by atoms with Crippen molar-refractivity contribution in [2.75, 3.05) is 13.1 Å². The van der Waals surface area contributed by atoms with Crippen LogP contribution in [0.1, 0.15) is 20.8 Å². The standard InChI is InChI=1S/C10H16F2N2O2/c1-8(2,3)16-7(15)14-6-9(11)4-13-5-10(6,9)12/h6,13H,4-5H2,1-3H3,(H,14,15)/t6?,9-,10+. The Bertz CT molecular complexity index is 315. The zero-order valence-corrected chi connectivity index (χ0v) is 9.56. The van der Waals surface area contributed by atoms with Gasteiger partial charge in [-0.1, -0.05) is 0 Å². The number of piperidine rings is 1. The van der Waals surface area contributed by atoms with E-state index >= 15 is 0 Å². The summed E-state index contributed by atoms with van der Waals surface area (Å²) in [5.41, 5.74) is -4.60. The van der Waals surface area contributed by atoms with Crippen molar-refractivity contribution in [3.63, 3.8) is 0 Å². The van der Waals surface area contributed by atoms with Crippen molar-refractivity contribution in [3.05, 3.63) is 0 Å². The molecule has 2 N–H and O–H groups in total. The van der Waals surface area contributed by atoms with E-state index in [1.54, 1.807) is 20.8 Å². The Labute approximate surface area is 92.7 Å². The lowest BCUT2D eigenvalue weighted by Gasteiger charge is -2.20. The summed E-state index contributed by atoms with van der Waals surface area (Å²) in [6, 6.07) is -1.09. The summed E-state index contributed by atoms with van der Waals surface area (Å²) in [7, 11) is 0. The quantitative estimate of drug-likeness (QED) is 0.709. The minimum atomic E-state index is -1.97. The second kappa shape index (κ2) is 3.06. The molecule has 2 aliphatic rings. The first-order chi connectivity index (χ1) is 7.19. The van der Waals surface area contributed by atoms with Crippen molar-refractivity contribution < 1.29 is 18.3 Å². The molecule has 1 amide bonds. The van der Waals surface area contributed by atoms with Crippen molar-refractivity contribution in [1.82, 2.24) is 10.6 Å². The van der Waals surface area contributed by atoms with Gasteiger partial charge in [0.05, 0.1) is 0 Å². The molecule has 1 aliphatic heterocycles. The lowest BCUT2D eigenvalue weighted by Crippen LogP contribution is -2.41. The van der Waals surface area contributed by atoms with Crippen LogP contribution in [0.15, 0.2) is 0 Å². The summed E-state index contributed by atoms with van der Waals surface area (Å²) in [5, 5.41) is 4.85. The summed E-state index contributed by atoms with van der Waals surface area (Å²) < 4.78 is 32.6. The molecule has 0 spiro atoms. The van der Waals surface area contributed by atoms with Gasteiger partial charge in [-0.3, -0.25) is 0 Å². The van der Waals surface area contributed by atoms with Crippen LogP contribution in [0.2, 0.25) is 0 Å². The lowest BCUT2D eigenvalue weighted by molar-refractivity contribution is 0.0504. The van der Waals surface area contributed by atoms with E-state index < -0.39 is 29.1 Å². The first kappa shape index (κ1) is 11.6. The number of carbonyl (C=O) groups is 1. The van der Waals surface area contributed by atoms with Crippen LogP contribution in [-0.2, 0) is 4.74 Å². The van der Waals surface area contributed by atoms with Gasteiger partial charge in [-0.05, 0) is 20.8 Å². The molecule has 6 heteroatoms. The minimum Gasteiger partial charge on any atom is -0.444 e. The van der Waals surface area contributed by atoms with E-state index in [9.17, 15) is 13.6 Å². The molecule has 4 nitrogen and oxygen atoms in total. The molecule has 1 saturated carbocycles. The zero-order chi connectivity index (χ0) is 12.2. The van der Waals surface area contributed by atoms with Crippen LogP contribution in [0.4, 0.5) is 13.6 Å². The van der Waals surface area contributed by atoms with Crippen molar-refractivity contribution in [2.45, 2.75) is 43.8 Å². The van der Waals surface area contributed by atoms with Gasteiger partial charge in [-0.2, -0.15) is 0 Å². The molecule has 1 heterocycles. The maximum absolute atomic E-state index is 13.8. The first-order valence-corrected chi connectivity index (χ1v) is 5.27. The highest BCUT2D eigenvalue weighted by atomic mass is 19.2. The third-order valence-electron chi connectivity index (χ3n) is 2.95. The van der Waals surface area contributed by atoms with Crippen molar-refractivity contribution in [2.24, 2.45) is 0 Å². The molecule has 1 unspecified atom stereocenters. The van der Waals surface area contributed by atoms with Gasteiger partial charge in [0.1, 0.15) is 11.6 Å². The van der Waals surface area contributed by atoms with Gasteiger partial charge in [0, 0.05) is 13.1 Å². The zero-order valence-electron chi connectivity index (χ0n) is 9.56. The van der Waals surface area contributed by atoms with Crippen LogP contribution in [0.3, 0.4) is 0 Å². The molecule has 2 rings (SSSR count). The highest BCUT2D eigenvalue weighted by Gasteiger charge is 2.83. The second-order valence-corrected chi connectivity index (χ2v) is 5.41. The second-order valence-electron chi connectivity index (χ2n) is 5.41. The Morgan fingerprint density at radius 3 is 2.31 bits per heavy atom. The number of fused-ring (bicyclic) bond motifs is 1. The molecule has 16 heavy (non-hydrogen) atoms. The Morgan fingerprint density at radius 1 is 1.38 bits per heavy atom. The fourth-order valence-corrected chi connectivity index (χ4v) is 2.10. The average Bonchev–Trinajstić information content (AvgIpc) is 2.40. The molecule has 0 aromatic heterocycles. The maximum atomic E-state index is 13.8. The molecule has 1 saturated heterocycles. The first-order valence-electron chi connectivity index (χ1n) is 5.27. The van der Waals surface area contributed by atoms with Gasteiger partial charge in [0.2, 0.25) is 0 Å². The molecule has 3 atom stereocenters. The topological polar surface area (TPSA) is 50.4 Å². The molecule has 0 aromatic rings. The van der Waals surface area contributed by atoms with E-state index in [1.165, 1.54) is 0 Å². The summed E-state index contributed by atoms with van der Waals surface area (Å²) in [6.07, 6.45) is -0.777. The highest BCUT2D eigenvalue weighted by molar-refractivity contribution is 5.70. The van der Waals surface area contributed by atoms with E-state index in [2.05, 4.69) is 10.6 Å². The largest absolute Gasteiger partial charge is 0.444 e. The van der Waals surface area contributed by atoms with E-state index in [4.69, 9.17) is 4.74 Å². The molecule has 2 fully saturated rings. The number of alkyl halides is 2. The van der Waals surface area contributed by atoms with Crippen LogP contribution in [-0.4, -0.2) is 42.2 Å². The van der Waals surface area contributed by atoms with Crippen molar-refractivity contribution in [1.29, 1.82) is 0 Å². The monoisotopic (exact) mass is 234 g/mol. The SMILES string of the molecule is CC(C)(C)OC(=O)NC1[C@]2(F)CNC[C@]12F. The van der Waals surface area contributed by atoms with Gasteiger partial charge in [-0.25, -0.2) is 13.6 Å². The van der Waals surface area contributed by atoms with E-state index in [-0.39, 0.29) is 13.1 Å². The average molecular weight is 234 g/mol. The smallest absolute Gasteiger partial charge is 0.408 e. The molecule has 92 valence electrons. The molecular formula is C10H16F2N2O2. The number of nitrogens with one attached hydrogen (secondary N) is 2. The summed E-state index contributed by atoms with van der Waals surface area (Å²) >= 11 is 0. The lowest BCUT2D eigenvalue weighted by atomic mass is 10.2. The third-order valence-corrected chi connectivity index (χ3v) is 2.95. The molecule has 1 aliphatic carbocycles. The number of carbonyl (C=O) groups excluding carboxylic acids is 1. The fraction of sp³-hybridized carbons (Fsp3) is 0.900. The summed E-state index contributed by atoms with van der Waals surface area (Å²) in [4.78, 5) is 11.3. The molecule has 0 aromatic carbocycles. The molecule has 0 bridgehead atoms. The number of hydrogen-bond acceptors (Lipinski definition) is 3. The maximum Gasteiger partial charge on any atom is 0.408 e. The van der Waals surface area contributed by atoms with E-state index in [0.717, 1.165) is 0 Å². The Morgan fingerprint density at radius 2 is 1.88 bits per heavy atom. The van der Waals surface area contributed by atoms with Crippen molar-refractivity contribution >= 4 is 6.09 Å². The van der Waals surface area contributed by atoms with Gasteiger partial charge in [0.25, 0.3) is 0 Å². The van der Waals surface area contributed by atoms with E-state index in [0.29, 0.717) is 0 Å². The number of ether oxygens (including phenoxy) is 1. The number of rotatable bonds is 1. The van der Waals surface area contributed by atoms with Crippen LogP contribution in [0.25, 0.3) is 0 Å². The summed E-state index contributed by atoms with van der Waals surface area (Å²) in [6.45, 7) is 4.95. The van der Waals surface area contributed by atoms with Gasteiger partial charge in [0.15, 0.2) is 11.3 Å². The predicted molar refractivity (Wildman–Crippen MR) is 53.7 cm³/mol. The van der Waals surface area contributed by atoms with Crippen LogP contribution < -0.4 is 10.6 Å². The number of halogens is 2. The van der Waals surface area contributed by atoms with Crippen LogP contribution in [0, 0.1) is 0 Å². The van der Waals surface area contributed by atoms with Crippen molar-refractivity contribution in [3.8, 4) is 0 Å². The van der Waals surface area contributed by atoms with E-state index in [1.807, 2.05) is 0 Å². The predicted octanol–water partition coefficient (Wildman–Crippen LogP) is 0.913. The fourth-order valence-electron chi connectivity index (χ4n) is 2.10. The Hall–Kier alpha value is -0.910. The van der Waals surface area contributed by atoms with Crippen LogP contribution in [0.5, 0.6) is 0 Å². The van der Waals surface area contributed by atoms with Gasteiger partial charge >= 0.3 is 6.09 Å².